The minimum absolute atomic E-state index is 0.0662. The highest BCUT2D eigenvalue weighted by Gasteiger charge is 2.27. The third-order valence-electron chi connectivity index (χ3n) is 4.22. The Morgan fingerprint density at radius 1 is 1.26 bits per heavy atom. The van der Waals surface area contributed by atoms with Gasteiger partial charge in [0.2, 0.25) is 0 Å². The SMILES string of the molecule is Cc1ccc(C(C)(O)CNC(=O)Nc2ccc3c(c2)CCC3)o1. The van der Waals surface area contributed by atoms with Crippen LogP contribution >= 0.6 is 0 Å². The summed E-state index contributed by atoms with van der Waals surface area (Å²) in [5.41, 5.74) is 2.20. The zero-order valence-electron chi connectivity index (χ0n) is 13.5. The van der Waals surface area contributed by atoms with Crippen molar-refractivity contribution in [3.05, 3.63) is 53.0 Å². The summed E-state index contributed by atoms with van der Waals surface area (Å²) in [5.74, 6) is 1.16. The Bertz CT molecular complexity index is 719. The summed E-state index contributed by atoms with van der Waals surface area (Å²) in [6.45, 7) is 3.49. The van der Waals surface area contributed by atoms with Gasteiger partial charge in [0.15, 0.2) is 0 Å². The lowest BCUT2D eigenvalue weighted by Crippen LogP contribution is -2.40. The number of nitrogens with one attached hydrogen (secondary N) is 2. The van der Waals surface area contributed by atoms with Crippen LogP contribution in [0.3, 0.4) is 0 Å². The van der Waals surface area contributed by atoms with E-state index in [0.717, 1.165) is 24.3 Å². The molecule has 1 aliphatic rings. The molecule has 5 heteroatoms. The Morgan fingerprint density at radius 2 is 2.04 bits per heavy atom. The van der Waals surface area contributed by atoms with E-state index in [2.05, 4.69) is 16.7 Å². The van der Waals surface area contributed by atoms with Gasteiger partial charge in [-0.1, -0.05) is 6.07 Å². The lowest BCUT2D eigenvalue weighted by Gasteiger charge is -2.21. The maximum atomic E-state index is 12.0. The zero-order valence-corrected chi connectivity index (χ0v) is 13.5. The number of furan rings is 1. The summed E-state index contributed by atoms with van der Waals surface area (Å²) in [7, 11) is 0. The number of carbonyl (C=O) groups is 1. The van der Waals surface area contributed by atoms with Gasteiger partial charge in [0.1, 0.15) is 17.1 Å². The van der Waals surface area contributed by atoms with E-state index in [1.165, 1.54) is 17.5 Å². The van der Waals surface area contributed by atoms with Crippen molar-refractivity contribution in [3.63, 3.8) is 0 Å². The molecular weight excluding hydrogens is 292 g/mol. The van der Waals surface area contributed by atoms with Crippen LogP contribution in [0.1, 0.15) is 36.0 Å². The molecule has 2 aromatic rings. The molecule has 1 unspecified atom stereocenters. The molecule has 1 aromatic heterocycles. The van der Waals surface area contributed by atoms with Gasteiger partial charge in [-0.3, -0.25) is 0 Å². The van der Waals surface area contributed by atoms with E-state index in [4.69, 9.17) is 4.42 Å². The maximum Gasteiger partial charge on any atom is 0.319 e. The summed E-state index contributed by atoms with van der Waals surface area (Å²) in [4.78, 5) is 12.0. The molecule has 5 nitrogen and oxygen atoms in total. The molecule has 3 rings (SSSR count). The second-order valence-electron chi connectivity index (χ2n) is 6.33. The summed E-state index contributed by atoms with van der Waals surface area (Å²) in [6.07, 6.45) is 3.36. The van der Waals surface area contributed by atoms with E-state index in [1.807, 2.05) is 19.1 Å². The quantitative estimate of drug-likeness (QED) is 0.812. The first-order valence-corrected chi connectivity index (χ1v) is 7.90. The number of rotatable bonds is 4. The van der Waals surface area contributed by atoms with Gasteiger partial charge in [0.05, 0.1) is 6.54 Å². The van der Waals surface area contributed by atoms with Crippen LogP contribution in [0.2, 0.25) is 0 Å². The molecule has 1 atom stereocenters. The largest absolute Gasteiger partial charge is 0.463 e. The average molecular weight is 314 g/mol. The van der Waals surface area contributed by atoms with Crippen LogP contribution in [0.15, 0.2) is 34.7 Å². The van der Waals surface area contributed by atoms with Crippen molar-refractivity contribution < 1.29 is 14.3 Å². The van der Waals surface area contributed by atoms with Crippen molar-refractivity contribution >= 4 is 11.7 Å². The fourth-order valence-corrected chi connectivity index (χ4v) is 2.89. The first-order valence-electron chi connectivity index (χ1n) is 7.90. The third-order valence-corrected chi connectivity index (χ3v) is 4.22. The van der Waals surface area contributed by atoms with Gasteiger partial charge >= 0.3 is 6.03 Å². The molecule has 0 aliphatic heterocycles. The molecular formula is C18H22N2O3. The first kappa shape index (κ1) is 15.6. The lowest BCUT2D eigenvalue weighted by atomic mass is 10.0. The Balaban J connectivity index is 1.57. The molecule has 0 saturated heterocycles. The molecule has 1 aromatic carbocycles. The summed E-state index contributed by atoms with van der Waals surface area (Å²) in [5, 5.41) is 15.9. The van der Waals surface area contributed by atoms with Gasteiger partial charge in [-0.25, -0.2) is 4.79 Å². The van der Waals surface area contributed by atoms with Gasteiger partial charge in [-0.15, -0.1) is 0 Å². The van der Waals surface area contributed by atoms with Crippen molar-refractivity contribution in [2.75, 3.05) is 11.9 Å². The predicted molar refractivity (Wildman–Crippen MR) is 88.5 cm³/mol. The Hall–Kier alpha value is -2.27. The smallest absolute Gasteiger partial charge is 0.319 e. The molecule has 0 spiro atoms. The number of hydrogen-bond donors (Lipinski definition) is 3. The molecule has 23 heavy (non-hydrogen) atoms. The fraction of sp³-hybridized carbons (Fsp3) is 0.389. The topological polar surface area (TPSA) is 74.5 Å². The van der Waals surface area contributed by atoms with Crippen LogP contribution in [0, 0.1) is 6.92 Å². The highest BCUT2D eigenvalue weighted by atomic mass is 16.4. The second kappa shape index (κ2) is 6.08. The molecule has 2 amide bonds. The van der Waals surface area contributed by atoms with Crippen LogP contribution in [0.25, 0.3) is 0 Å². The van der Waals surface area contributed by atoms with Gasteiger partial charge in [0.25, 0.3) is 0 Å². The van der Waals surface area contributed by atoms with Crippen molar-refractivity contribution in [1.82, 2.24) is 5.32 Å². The zero-order chi connectivity index (χ0) is 16.4. The third kappa shape index (κ3) is 3.56. The number of urea groups is 1. The monoisotopic (exact) mass is 314 g/mol. The summed E-state index contributed by atoms with van der Waals surface area (Å²) < 4.78 is 5.43. The molecule has 122 valence electrons. The number of aliphatic hydroxyl groups is 1. The van der Waals surface area contributed by atoms with Gasteiger partial charge in [-0.05, 0) is 68.5 Å². The van der Waals surface area contributed by atoms with E-state index >= 15 is 0 Å². The van der Waals surface area contributed by atoms with Crippen molar-refractivity contribution in [2.45, 2.75) is 38.7 Å². The standard InChI is InChI=1S/C18H22N2O3/c1-12-6-9-16(23-12)18(2,22)11-19-17(21)20-15-8-7-13-4-3-5-14(13)10-15/h6-10,22H,3-5,11H2,1-2H3,(H2,19,20,21). The minimum atomic E-state index is -1.25. The molecule has 0 fully saturated rings. The highest BCUT2D eigenvalue weighted by Crippen LogP contribution is 2.25. The number of anilines is 1. The van der Waals surface area contributed by atoms with E-state index in [1.54, 1.807) is 19.1 Å². The van der Waals surface area contributed by atoms with Crippen LogP contribution in [0.5, 0.6) is 0 Å². The number of fused-ring (bicyclic) bond motifs is 1. The fourth-order valence-electron chi connectivity index (χ4n) is 2.89. The van der Waals surface area contributed by atoms with Crippen molar-refractivity contribution in [3.8, 4) is 0 Å². The van der Waals surface area contributed by atoms with E-state index in [9.17, 15) is 9.90 Å². The van der Waals surface area contributed by atoms with Crippen LogP contribution in [-0.4, -0.2) is 17.7 Å². The molecule has 0 radical (unpaired) electrons. The number of aryl methyl sites for hydroxylation is 3. The van der Waals surface area contributed by atoms with Crippen LogP contribution in [-0.2, 0) is 18.4 Å². The molecule has 1 heterocycles. The van der Waals surface area contributed by atoms with Gasteiger partial charge < -0.3 is 20.2 Å². The highest BCUT2D eigenvalue weighted by molar-refractivity contribution is 5.89. The summed E-state index contributed by atoms with van der Waals surface area (Å²) in [6, 6.07) is 9.17. The van der Waals surface area contributed by atoms with Crippen LogP contribution < -0.4 is 10.6 Å². The minimum Gasteiger partial charge on any atom is -0.463 e. The Kier molecular flexibility index (Phi) is 4.13. The number of hydrogen-bond acceptors (Lipinski definition) is 3. The lowest BCUT2D eigenvalue weighted by molar-refractivity contribution is 0.0364. The normalized spacial score (nSPS) is 15.8. The number of benzene rings is 1. The number of carbonyl (C=O) groups excluding carboxylic acids is 1. The Labute approximate surface area is 135 Å². The molecule has 3 N–H and O–H groups in total. The Morgan fingerprint density at radius 3 is 2.78 bits per heavy atom. The van der Waals surface area contributed by atoms with Crippen molar-refractivity contribution in [2.24, 2.45) is 0 Å². The summed E-state index contributed by atoms with van der Waals surface area (Å²) >= 11 is 0. The second-order valence-corrected chi connectivity index (χ2v) is 6.33. The molecule has 1 aliphatic carbocycles. The van der Waals surface area contributed by atoms with Crippen molar-refractivity contribution in [1.29, 1.82) is 0 Å². The predicted octanol–water partition coefficient (Wildman–Crippen LogP) is 3.11. The number of amides is 2. The molecule has 0 saturated carbocycles. The van der Waals surface area contributed by atoms with E-state index < -0.39 is 5.60 Å². The van der Waals surface area contributed by atoms with E-state index in [-0.39, 0.29) is 12.6 Å². The molecule has 0 bridgehead atoms. The maximum absolute atomic E-state index is 12.0. The first-order chi connectivity index (χ1) is 10.9. The van der Waals surface area contributed by atoms with Gasteiger partial charge in [-0.2, -0.15) is 0 Å². The van der Waals surface area contributed by atoms with Gasteiger partial charge in [0, 0.05) is 5.69 Å². The average Bonchev–Trinajstić information content (AvgIpc) is 3.14. The van der Waals surface area contributed by atoms with Crippen LogP contribution in [0.4, 0.5) is 10.5 Å². The van der Waals surface area contributed by atoms with E-state index in [0.29, 0.717) is 5.76 Å².